The number of benzene rings is 1. The molecule has 0 aromatic heterocycles. The molecule has 0 spiro atoms. The molecule has 1 aromatic rings. The zero-order valence-electron chi connectivity index (χ0n) is 15.9. The van der Waals surface area contributed by atoms with Crippen molar-refractivity contribution >= 4 is 10.0 Å². The Hall–Kier alpha value is -0.950. The standard InChI is InChI=1S/C19H33N3O2S/c1-4-21(5-2)14-9-15-22(18-12-16-20(3)17-13-18)25(23,24)19-10-7-6-8-11-19/h6-8,10-11,18H,4-5,9,12-17H2,1-3H3. The number of hydrogen-bond acceptors (Lipinski definition) is 4. The summed E-state index contributed by atoms with van der Waals surface area (Å²) >= 11 is 0. The van der Waals surface area contributed by atoms with Crippen LogP contribution in [-0.2, 0) is 10.0 Å². The number of hydrogen-bond donors (Lipinski definition) is 0. The summed E-state index contributed by atoms with van der Waals surface area (Å²) in [6.07, 6.45) is 2.70. The largest absolute Gasteiger partial charge is 0.306 e. The molecule has 5 nitrogen and oxygen atoms in total. The molecule has 6 heteroatoms. The van der Waals surface area contributed by atoms with Crippen LogP contribution in [0.3, 0.4) is 0 Å². The first-order valence-corrected chi connectivity index (χ1v) is 10.9. The van der Waals surface area contributed by atoms with Gasteiger partial charge < -0.3 is 9.80 Å². The van der Waals surface area contributed by atoms with E-state index in [1.807, 2.05) is 6.07 Å². The molecule has 0 N–H and O–H groups in total. The maximum Gasteiger partial charge on any atom is 0.243 e. The first kappa shape index (κ1) is 20.4. The van der Waals surface area contributed by atoms with Gasteiger partial charge in [0.1, 0.15) is 0 Å². The number of sulfonamides is 1. The second-order valence-electron chi connectivity index (χ2n) is 6.84. The lowest BCUT2D eigenvalue weighted by atomic mass is 10.1. The van der Waals surface area contributed by atoms with E-state index in [4.69, 9.17) is 0 Å². The van der Waals surface area contributed by atoms with E-state index in [1.54, 1.807) is 28.6 Å². The van der Waals surface area contributed by atoms with Gasteiger partial charge >= 0.3 is 0 Å². The minimum absolute atomic E-state index is 0.109. The highest BCUT2D eigenvalue weighted by Gasteiger charge is 2.32. The second-order valence-corrected chi connectivity index (χ2v) is 8.73. The van der Waals surface area contributed by atoms with E-state index in [-0.39, 0.29) is 6.04 Å². The van der Waals surface area contributed by atoms with Gasteiger partial charge in [0, 0.05) is 12.6 Å². The average Bonchev–Trinajstić information content (AvgIpc) is 2.63. The van der Waals surface area contributed by atoms with Crippen LogP contribution in [0.1, 0.15) is 33.1 Å². The number of likely N-dealkylation sites (tertiary alicyclic amines) is 1. The molecule has 0 amide bonds. The molecule has 1 fully saturated rings. The average molecular weight is 368 g/mol. The minimum Gasteiger partial charge on any atom is -0.306 e. The molecule has 0 bridgehead atoms. The molecule has 0 radical (unpaired) electrons. The SMILES string of the molecule is CCN(CC)CCCN(C1CCN(C)CC1)S(=O)(=O)c1ccccc1. The second kappa shape index (κ2) is 9.67. The van der Waals surface area contributed by atoms with Crippen molar-refractivity contribution in [3.05, 3.63) is 30.3 Å². The van der Waals surface area contributed by atoms with E-state index in [2.05, 4.69) is 30.7 Å². The minimum atomic E-state index is -3.43. The fourth-order valence-corrected chi connectivity index (χ4v) is 5.24. The smallest absolute Gasteiger partial charge is 0.243 e. The predicted octanol–water partition coefficient (Wildman–Crippen LogP) is 2.50. The van der Waals surface area contributed by atoms with Gasteiger partial charge in [0.05, 0.1) is 4.90 Å². The molecule has 0 atom stereocenters. The summed E-state index contributed by atoms with van der Waals surface area (Å²) in [6.45, 7) is 9.79. The lowest BCUT2D eigenvalue weighted by Gasteiger charge is -2.36. The highest BCUT2D eigenvalue weighted by atomic mass is 32.2. The Balaban J connectivity index is 2.14. The molecule has 1 aliphatic rings. The molecule has 1 aliphatic heterocycles. The van der Waals surface area contributed by atoms with Crippen molar-refractivity contribution in [1.29, 1.82) is 0 Å². The Morgan fingerprint density at radius 3 is 2.20 bits per heavy atom. The van der Waals surface area contributed by atoms with E-state index in [0.717, 1.165) is 52.0 Å². The molecule has 0 unspecified atom stereocenters. The van der Waals surface area contributed by atoms with Crippen molar-refractivity contribution in [3.63, 3.8) is 0 Å². The van der Waals surface area contributed by atoms with Crippen molar-refractivity contribution in [2.45, 2.75) is 44.0 Å². The molecule has 0 saturated carbocycles. The number of nitrogens with zero attached hydrogens (tertiary/aromatic N) is 3. The summed E-state index contributed by atoms with van der Waals surface area (Å²) in [4.78, 5) is 5.04. The van der Waals surface area contributed by atoms with Crippen LogP contribution in [0, 0.1) is 0 Å². The lowest BCUT2D eigenvalue weighted by Crippen LogP contribution is -2.47. The van der Waals surface area contributed by atoms with Gasteiger partial charge in [-0.15, -0.1) is 0 Å². The van der Waals surface area contributed by atoms with Crippen LogP contribution in [0.4, 0.5) is 0 Å². The van der Waals surface area contributed by atoms with Gasteiger partial charge in [-0.05, 0) is 71.2 Å². The van der Waals surface area contributed by atoms with Crippen LogP contribution < -0.4 is 0 Å². The van der Waals surface area contributed by atoms with E-state index in [1.165, 1.54) is 0 Å². The fourth-order valence-electron chi connectivity index (χ4n) is 3.50. The van der Waals surface area contributed by atoms with E-state index < -0.39 is 10.0 Å². The monoisotopic (exact) mass is 367 g/mol. The Bertz CT molecular complexity index is 594. The summed E-state index contributed by atoms with van der Waals surface area (Å²) in [5.74, 6) is 0. The normalized spacial score (nSPS) is 17.5. The summed E-state index contributed by atoms with van der Waals surface area (Å²) in [6, 6.07) is 8.99. The lowest BCUT2D eigenvalue weighted by molar-refractivity contribution is 0.176. The molecule has 25 heavy (non-hydrogen) atoms. The molecular formula is C19H33N3O2S. The van der Waals surface area contributed by atoms with Gasteiger partial charge in [-0.25, -0.2) is 8.42 Å². The Morgan fingerprint density at radius 1 is 1.04 bits per heavy atom. The third-order valence-corrected chi connectivity index (χ3v) is 7.16. The Kier molecular flexibility index (Phi) is 7.87. The van der Waals surface area contributed by atoms with Crippen LogP contribution in [-0.4, -0.2) is 74.9 Å². The van der Waals surface area contributed by atoms with Crippen molar-refractivity contribution in [2.75, 3.05) is 46.3 Å². The van der Waals surface area contributed by atoms with Crippen molar-refractivity contribution in [2.24, 2.45) is 0 Å². The Morgan fingerprint density at radius 2 is 1.64 bits per heavy atom. The summed E-state index contributed by atoms with van der Waals surface area (Å²) < 4.78 is 28.2. The van der Waals surface area contributed by atoms with Gasteiger partial charge in [-0.2, -0.15) is 4.31 Å². The van der Waals surface area contributed by atoms with E-state index >= 15 is 0 Å². The molecule has 1 aromatic carbocycles. The zero-order valence-corrected chi connectivity index (χ0v) is 16.7. The van der Waals surface area contributed by atoms with Crippen LogP contribution in [0.15, 0.2) is 35.2 Å². The van der Waals surface area contributed by atoms with Crippen molar-refractivity contribution < 1.29 is 8.42 Å². The summed E-state index contributed by atoms with van der Waals surface area (Å²) in [5.41, 5.74) is 0. The quantitative estimate of drug-likeness (QED) is 0.673. The van der Waals surface area contributed by atoms with E-state index in [9.17, 15) is 8.42 Å². The van der Waals surface area contributed by atoms with Crippen molar-refractivity contribution in [1.82, 2.24) is 14.1 Å². The van der Waals surface area contributed by atoms with Gasteiger partial charge in [-0.1, -0.05) is 32.0 Å². The zero-order chi connectivity index (χ0) is 18.3. The molecule has 1 heterocycles. The number of piperidine rings is 1. The van der Waals surface area contributed by atoms with Crippen LogP contribution >= 0.6 is 0 Å². The Labute approximate surface area is 153 Å². The van der Waals surface area contributed by atoms with Gasteiger partial charge in [-0.3, -0.25) is 0 Å². The molecule has 1 saturated heterocycles. The third-order valence-electron chi connectivity index (χ3n) is 5.19. The van der Waals surface area contributed by atoms with Crippen LogP contribution in [0.2, 0.25) is 0 Å². The van der Waals surface area contributed by atoms with Crippen molar-refractivity contribution in [3.8, 4) is 0 Å². The topological polar surface area (TPSA) is 43.9 Å². The maximum absolute atomic E-state index is 13.2. The summed E-state index contributed by atoms with van der Waals surface area (Å²) in [7, 11) is -1.33. The first-order valence-electron chi connectivity index (χ1n) is 9.46. The molecular weight excluding hydrogens is 334 g/mol. The van der Waals surface area contributed by atoms with Gasteiger partial charge in [0.25, 0.3) is 0 Å². The van der Waals surface area contributed by atoms with E-state index in [0.29, 0.717) is 11.4 Å². The highest BCUT2D eigenvalue weighted by Crippen LogP contribution is 2.24. The van der Waals surface area contributed by atoms with Crippen LogP contribution in [0.25, 0.3) is 0 Å². The molecule has 2 rings (SSSR count). The van der Waals surface area contributed by atoms with Crippen LogP contribution in [0.5, 0.6) is 0 Å². The highest BCUT2D eigenvalue weighted by molar-refractivity contribution is 7.89. The molecule has 142 valence electrons. The predicted molar refractivity (Wildman–Crippen MR) is 103 cm³/mol. The first-order chi connectivity index (χ1) is 12.0. The third kappa shape index (κ3) is 5.51. The van der Waals surface area contributed by atoms with Gasteiger partial charge in [0.2, 0.25) is 10.0 Å². The number of rotatable bonds is 9. The molecule has 0 aliphatic carbocycles. The fraction of sp³-hybridized carbons (Fsp3) is 0.684. The maximum atomic E-state index is 13.2. The summed E-state index contributed by atoms with van der Waals surface area (Å²) in [5, 5.41) is 0. The van der Waals surface area contributed by atoms with Gasteiger partial charge in [0.15, 0.2) is 0 Å².